The second-order valence-corrected chi connectivity index (χ2v) is 7.21. The first-order valence-electron chi connectivity index (χ1n) is 9.04. The molecule has 9 heteroatoms. The van der Waals surface area contributed by atoms with E-state index in [-0.39, 0.29) is 29.7 Å². The van der Waals surface area contributed by atoms with Gasteiger partial charge >= 0.3 is 0 Å². The van der Waals surface area contributed by atoms with Gasteiger partial charge in [-0.2, -0.15) is 4.98 Å². The van der Waals surface area contributed by atoms with Crippen molar-refractivity contribution in [1.29, 1.82) is 0 Å². The van der Waals surface area contributed by atoms with Crippen LogP contribution in [0.15, 0.2) is 36.4 Å². The highest BCUT2D eigenvalue weighted by Crippen LogP contribution is 2.25. The number of carbonyl (C=O) groups is 2. The molecule has 156 valence electrons. The predicted molar refractivity (Wildman–Crippen MR) is 114 cm³/mol. The standard InChI is InChI=1S/C20H26N4O4S/c1-12(2)27-16-10-14(18(25)23-20(29)21-3)11-17(22-16)28-15-8-6-13(7-9-15)19(26)24(4)5/h6-12,20-21,29H,1-5H3,(H,23,25). The van der Waals surface area contributed by atoms with Crippen LogP contribution in [-0.4, -0.2) is 54.4 Å². The van der Waals surface area contributed by atoms with Crippen molar-refractivity contribution in [3.05, 3.63) is 47.5 Å². The number of amides is 2. The Morgan fingerprint density at radius 2 is 1.69 bits per heavy atom. The smallest absolute Gasteiger partial charge is 0.253 e. The molecule has 1 aromatic heterocycles. The molecule has 0 fully saturated rings. The number of hydrogen-bond donors (Lipinski definition) is 3. The number of aromatic nitrogens is 1. The summed E-state index contributed by atoms with van der Waals surface area (Å²) in [5, 5.41) is 5.49. The first-order valence-corrected chi connectivity index (χ1v) is 9.55. The van der Waals surface area contributed by atoms with Crippen molar-refractivity contribution >= 4 is 24.4 Å². The molecule has 2 N–H and O–H groups in total. The van der Waals surface area contributed by atoms with Crippen molar-refractivity contribution in [3.8, 4) is 17.5 Å². The molecule has 1 atom stereocenters. The van der Waals surface area contributed by atoms with Gasteiger partial charge in [0, 0.05) is 31.8 Å². The van der Waals surface area contributed by atoms with E-state index in [2.05, 4.69) is 28.2 Å². The summed E-state index contributed by atoms with van der Waals surface area (Å²) in [6.45, 7) is 3.72. The van der Waals surface area contributed by atoms with Gasteiger partial charge in [-0.1, -0.05) is 0 Å². The van der Waals surface area contributed by atoms with E-state index in [1.54, 1.807) is 45.4 Å². The summed E-state index contributed by atoms with van der Waals surface area (Å²) >= 11 is 4.20. The minimum atomic E-state index is -0.503. The monoisotopic (exact) mass is 418 g/mol. The van der Waals surface area contributed by atoms with Crippen LogP contribution in [0.5, 0.6) is 17.5 Å². The van der Waals surface area contributed by atoms with E-state index in [4.69, 9.17) is 9.47 Å². The number of nitrogens with one attached hydrogen (secondary N) is 2. The number of nitrogens with zero attached hydrogens (tertiary/aromatic N) is 2. The lowest BCUT2D eigenvalue weighted by atomic mass is 10.2. The summed E-state index contributed by atoms with van der Waals surface area (Å²) in [6.07, 6.45) is -0.125. The fourth-order valence-corrected chi connectivity index (χ4v) is 2.41. The number of benzene rings is 1. The lowest BCUT2D eigenvalue weighted by molar-refractivity contribution is 0.0827. The van der Waals surface area contributed by atoms with Crippen molar-refractivity contribution in [2.75, 3.05) is 21.1 Å². The van der Waals surface area contributed by atoms with Gasteiger partial charge in [0.15, 0.2) is 0 Å². The molecule has 0 aliphatic heterocycles. The molecule has 0 aliphatic rings. The van der Waals surface area contributed by atoms with Crippen LogP contribution in [0.4, 0.5) is 0 Å². The van der Waals surface area contributed by atoms with Crippen molar-refractivity contribution < 1.29 is 19.1 Å². The molecule has 2 amide bonds. The summed E-state index contributed by atoms with van der Waals surface area (Å²) in [5.41, 5.74) is 0.356. The fraction of sp³-hybridized carbons (Fsp3) is 0.350. The average Bonchev–Trinajstić information content (AvgIpc) is 2.67. The number of carbonyl (C=O) groups excluding carboxylic acids is 2. The van der Waals surface area contributed by atoms with E-state index in [0.29, 0.717) is 16.9 Å². The molecule has 0 spiro atoms. The summed E-state index contributed by atoms with van der Waals surface area (Å²) < 4.78 is 11.4. The Balaban J connectivity index is 2.27. The second kappa shape index (κ2) is 10.1. The molecule has 29 heavy (non-hydrogen) atoms. The van der Waals surface area contributed by atoms with Gasteiger partial charge in [0.1, 0.15) is 11.2 Å². The third kappa shape index (κ3) is 6.65. The number of pyridine rings is 1. The van der Waals surface area contributed by atoms with Gasteiger partial charge in [0.05, 0.1) is 11.7 Å². The Bertz CT molecular complexity index is 856. The molecule has 2 aromatic rings. The number of hydrogen-bond acceptors (Lipinski definition) is 7. The van der Waals surface area contributed by atoms with Crippen molar-refractivity contribution in [2.24, 2.45) is 0 Å². The van der Waals surface area contributed by atoms with Gasteiger partial charge in [-0.05, 0) is 45.2 Å². The van der Waals surface area contributed by atoms with E-state index in [1.807, 2.05) is 13.8 Å². The topological polar surface area (TPSA) is 92.8 Å². The first kappa shape index (κ1) is 22.5. The van der Waals surface area contributed by atoms with Crippen LogP contribution in [0.25, 0.3) is 0 Å². The van der Waals surface area contributed by atoms with Crippen LogP contribution in [0.3, 0.4) is 0 Å². The predicted octanol–water partition coefficient (Wildman–Crippen LogP) is 2.53. The second-order valence-electron chi connectivity index (χ2n) is 6.69. The van der Waals surface area contributed by atoms with Crippen LogP contribution in [0.1, 0.15) is 34.6 Å². The quantitative estimate of drug-likeness (QED) is 0.451. The maximum atomic E-state index is 12.5. The van der Waals surface area contributed by atoms with Crippen molar-refractivity contribution in [2.45, 2.75) is 25.4 Å². The number of ether oxygens (including phenoxy) is 2. The van der Waals surface area contributed by atoms with Gasteiger partial charge in [0.25, 0.3) is 11.8 Å². The summed E-state index contributed by atoms with van der Waals surface area (Å²) in [7, 11) is 5.05. The van der Waals surface area contributed by atoms with Gasteiger partial charge in [-0.25, -0.2) is 0 Å². The molecular formula is C20H26N4O4S. The summed E-state index contributed by atoms with van der Waals surface area (Å²) in [4.78, 5) is 30.3. The van der Waals surface area contributed by atoms with Crippen molar-refractivity contribution in [3.63, 3.8) is 0 Å². The Hall–Kier alpha value is -2.78. The van der Waals surface area contributed by atoms with Crippen LogP contribution in [0.2, 0.25) is 0 Å². The van der Waals surface area contributed by atoms with Gasteiger partial charge in [-0.3, -0.25) is 14.9 Å². The number of rotatable bonds is 8. The highest BCUT2D eigenvalue weighted by Gasteiger charge is 2.15. The minimum absolute atomic E-state index is 0.105. The van der Waals surface area contributed by atoms with Crippen molar-refractivity contribution in [1.82, 2.24) is 20.5 Å². The van der Waals surface area contributed by atoms with Gasteiger partial charge in [0.2, 0.25) is 11.8 Å². The molecule has 1 heterocycles. The summed E-state index contributed by atoms with van der Waals surface area (Å²) in [5.74, 6) is 0.476. The maximum absolute atomic E-state index is 12.5. The molecule has 0 radical (unpaired) electrons. The largest absolute Gasteiger partial charge is 0.475 e. The minimum Gasteiger partial charge on any atom is -0.475 e. The van der Waals surface area contributed by atoms with Crippen LogP contribution in [-0.2, 0) is 0 Å². The van der Waals surface area contributed by atoms with E-state index in [9.17, 15) is 9.59 Å². The zero-order valence-corrected chi connectivity index (χ0v) is 18.0. The van der Waals surface area contributed by atoms with Crippen LogP contribution < -0.4 is 20.1 Å². The normalized spacial score (nSPS) is 11.7. The summed E-state index contributed by atoms with van der Waals surface area (Å²) in [6, 6.07) is 9.71. The lowest BCUT2D eigenvalue weighted by Gasteiger charge is -2.15. The van der Waals surface area contributed by atoms with Gasteiger partial charge < -0.3 is 19.7 Å². The first-order chi connectivity index (χ1) is 13.7. The molecule has 1 aromatic carbocycles. The Morgan fingerprint density at radius 1 is 1.07 bits per heavy atom. The highest BCUT2D eigenvalue weighted by molar-refractivity contribution is 7.80. The van der Waals surface area contributed by atoms with E-state index >= 15 is 0 Å². The third-order valence-electron chi connectivity index (χ3n) is 3.67. The maximum Gasteiger partial charge on any atom is 0.253 e. The molecule has 0 saturated heterocycles. The van der Waals surface area contributed by atoms with E-state index in [0.717, 1.165) is 0 Å². The SMILES string of the molecule is CNC(S)NC(=O)c1cc(Oc2ccc(C(=O)N(C)C)cc2)nc(OC(C)C)c1. The molecule has 0 aliphatic carbocycles. The van der Waals surface area contributed by atoms with Gasteiger partial charge in [-0.15, -0.1) is 12.6 Å². The average molecular weight is 419 g/mol. The molecule has 1 unspecified atom stereocenters. The lowest BCUT2D eigenvalue weighted by Crippen LogP contribution is -2.39. The zero-order chi connectivity index (χ0) is 21.6. The zero-order valence-electron chi connectivity index (χ0n) is 17.1. The Labute approximate surface area is 176 Å². The van der Waals surface area contributed by atoms with E-state index < -0.39 is 5.50 Å². The number of thiol groups is 1. The molecular weight excluding hydrogens is 392 g/mol. The molecule has 2 rings (SSSR count). The van der Waals surface area contributed by atoms with Crippen LogP contribution in [0, 0.1) is 0 Å². The van der Waals surface area contributed by atoms with Crippen LogP contribution >= 0.6 is 12.6 Å². The Morgan fingerprint density at radius 3 is 2.24 bits per heavy atom. The molecule has 0 saturated carbocycles. The van der Waals surface area contributed by atoms with E-state index in [1.165, 1.54) is 17.0 Å². The highest BCUT2D eigenvalue weighted by atomic mass is 32.1. The molecule has 8 nitrogen and oxygen atoms in total. The fourth-order valence-electron chi connectivity index (χ4n) is 2.29. The Kier molecular flexibility index (Phi) is 7.86. The third-order valence-corrected chi connectivity index (χ3v) is 4.06. The molecule has 0 bridgehead atoms.